The van der Waals surface area contributed by atoms with Crippen molar-refractivity contribution in [3.05, 3.63) is 65.8 Å². The van der Waals surface area contributed by atoms with Crippen molar-refractivity contribution in [2.45, 2.75) is 64.6 Å². The Morgan fingerprint density at radius 1 is 1.22 bits per heavy atom. The number of rotatable bonds is 6. The largest absolute Gasteiger partial charge is 0.482 e. The lowest BCUT2D eigenvalue weighted by molar-refractivity contribution is -0.119. The molecule has 1 N–H and O–H groups in total. The minimum Gasteiger partial charge on any atom is -0.482 e. The number of hydrogen-bond donors (Lipinski definition) is 1. The number of fused-ring (bicyclic) bond motifs is 1. The van der Waals surface area contributed by atoms with Gasteiger partial charge in [-0.25, -0.2) is 8.91 Å². The van der Waals surface area contributed by atoms with Gasteiger partial charge in [-0.2, -0.15) is 15.5 Å². The number of hydrogen-bond acceptors (Lipinski definition) is 6. The lowest BCUT2D eigenvalue weighted by atomic mass is 9.91. The predicted molar refractivity (Wildman–Crippen MR) is 134 cm³/mol. The number of halogens is 1. The van der Waals surface area contributed by atoms with E-state index in [1.165, 1.54) is 12.3 Å². The van der Waals surface area contributed by atoms with Crippen molar-refractivity contribution in [3.63, 3.8) is 0 Å². The standard InChI is InChI=1S/C27H28FN7O2/c1-16-24(14-32-35(16)23-7-5-22(6-8-23)33-18(3)36)19-10-26(27-20(11-29)12-31-34(27)15-19)37-17(2)25-9-4-21(28)13-30-25/h4,9-10,12-15,17,22-23H,5-8H2,1-3H3,(H,33,36)/t17-,22?,23?/m1/s1. The van der Waals surface area contributed by atoms with Crippen molar-refractivity contribution in [1.82, 2.24) is 29.7 Å². The fourth-order valence-electron chi connectivity index (χ4n) is 5.11. The van der Waals surface area contributed by atoms with Crippen LogP contribution in [0.3, 0.4) is 0 Å². The Morgan fingerprint density at radius 2 is 2.00 bits per heavy atom. The van der Waals surface area contributed by atoms with E-state index in [9.17, 15) is 14.4 Å². The molecule has 9 nitrogen and oxygen atoms in total. The van der Waals surface area contributed by atoms with Crippen molar-refractivity contribution >= 4 is 11.4 Å². The molecule has 1 aliphatic carbocycles. The highest BCUT2D eigenvalue weighted by Crippen LogP contribution is 2.36. The Kier molecular flexibility index (Phi) is 6.61. The molecule has 0 spiro atoms. The Morgan fingerprint density at radius 3 is 2.68 bits per heavy atom. The van der Waals surface area contributed by atoms with Gasteiger partial charge in [-0.05, 0) is 57.7 Å². The maximum absolute atomic E-state index is 13.4. The van der Waals surface area contributed by atoms with Crippen LogP contribution in [0.1, 0.15) is 68.6 Å². The highest BCUT2D eigenvalue weighted by atomic mass is 19.1. The Bertz CT molecular complexity index is 1480. The first-order valence-electron chi connectivity index (χ1n) is 12.3. The van der Waals surface area contributed by atoms with Crippen molar-refractivity contribution < 1.29 is 13.9 Å². The summed E-state index contributed by atoms with van der Waals surface area (Å²) in [5, 5.41) is 21.7. The normalized spacial score (nSPS) is 18.4. The van der Waals surface area contributed by atoms with E-state index >= 15 is 0 Å². The summed E-state index contributed by atoms with van der Waals surface area (Å²) in [5.41, 5.74) is 4.34. The molecule has 10 heteroatoms. The molecule has 0 aliphatic heterocycles. The molecular weight excluding hydrogens is 473 g/mol. The molecule has 1 fully saturated rings. The topological polar surface area (TPSA) is 110 Å². The lowest BCUT2D eigenvalue weighted by Crippen LogP contribution is -2.36. The molecule has 0 radical (unpaired) electrons. The van der Waals surface area contributed by atoms with Gasteiger partial charge < -0.3 is 10.1 Å². The summed E-state index contributed by atoms with van der Waals surface area (Å²) < 4.78 is 23.3. The number of pyridine rings is 2. The van der Waals surface area contributed by atoms with Crippen LogP contribution in [0.4, 0.5) is 4.39 Å². The quantitative estimate of drug-likeness (QED) is 0.411. The molecule has 0 aromatic carbocycles. The fourth-order valence-corrected chi connectivity index (χ4v) is 5.11. The minimum absolute atomic E-state index is 0.0112. The smallest absolute Gasteiger partial charge is 0.217 e. The van der Waals surface area contributed by atoms with E-state index in [1.54, 1.807) is 17.5 Å². The van der Waals surface area contributed by atoms with Gasteiger partial charge in [-0.15, -0.1) is 0 Å². The molecule has 1 saturated carbocycles. The summed E-state index contributed by atoms with van der Waals surface area (Å²) in [5.74, 6) is 0.0734. The molecule has 0 bridgehead atoms. The molecule has 1 aliphatic rings. The number of amides is 1. The second kappa shape index (κ2) is 10.0. The first-order chi connectivity index (χ1) is 17.8. The zero-order valence-electron chi connectivity index (χ0n) is 21.0. The first-order valence-corrected chi connectivity index (χ1v) is 12.3. The van der Waals surface area contributed by atoms with Crippen LogP contribution in [0.2, 0.25) is 0 Å². The second-order valence-electron chi connectivity index (χ2n) is 9.51. The van der Waals surface area contributed by atoms with Crippen LogP contribution < -0.4 is 10.1 Å². The van der Waals surface area contributed by atoms with Gasteiger partial charge in [-0.1, -0.05) is 0 Å². The molecule has 1 atom stereocenters. The highest BCUT2D eigenvalue weighted by molar-refractivity contribution is 5.76. The molecule has 0 unspecified atom stereocenters. The SMILES string of the molecule is CC(=O)NC1CCC(n2ncc(-c3cc(O[C@H](C)c4ccc(F)cn4)c4c(C#N)cnn4c3)c2C)CC1. The summed E-state index contributed by atoms with van der Waals surface area (Å²) in [4.78, 5) is 15.5. The van der Waals surface area contributed by atoms with Gasteiger partial charge in [0.1, 0.15) is 34.8 Å². The van der Waals surface area contributed by atoms with E-state index in [4.69, 9.17) is 9.84 Å². The average molecular weight is 502 g/mol. The van der Waals surface area contributed by atoms with Crippen LogP contribution in [0.25, 0.3) is 16.6 Å². The average Bonchev–Trinajstić information content (AvgIpc) is 3.48. The Labute approximate surface area is 213 Å². The van der Waals surface area contributed by atoms with Crippen molar-refractivity contribution in [2.75, 3.05) is 0 Å². The number of nitrogens with zero attached hydrogens (tertiary/aromatic N) is 6. The zero-order valence-corrected chi connectivity index (χ0v) is 21.0. The second-order valence-corrected chi connectivity index (χ2v) is 9.51. The van der Waals surface area contributed by atoms with Crippen molar-refractivity contribution in [3.8, 4) is 22.9 Å². The molecule has 190 valence electrons. The molecular formula is C27H28FN7O2. The van der Waals surface area contributed by atoms with E-state index in [0.717, 1.165) is 48.7 Å². The number of ether oxygens (including phenoxy) is 1. The molecule has 4 heterocycles. The van der Waals surface area contributed by atoms with Gasteiger partial charge in [0, 0.05) is 36.0 Å². The Hall–Kier alpha value is -4.26. The van der Waals surface area contributed by atoms with Gasteiger partial charge >= 0.3 is 0 Å². The van der Waals surface area contributed by atoms with E-state index in [-0.39, 0.29) is 18.0 Å². The van der Waals surface area contributed by atoms with E-state index in [1.807, 2.05) is 32.3 Å². The van der Waals surface area contributed by atoms with Crippen LogP contribution in [-0.4, -0.2) is 36.3 Å². The minimum atomic E-state index is -0.483. The number of carbonyl (C=O) groups is 1. The van der Waals surface area contributed by atoms with Crippen molar-refractivity contribution in [2.24, 2.45) is 0 Å². The van der Waals surface area contributed by atoms with Gasteiger partial charge in [0.15, 0.2) is 0 Å². The summed E-state index contributed by atoms with van der Waals surface area (Å²) >= 11 is 0. The van der Waals surface area contributed by atoms with Gasteiger partial charge in [0.05, 0.1) is 30.3 Å². The van der Waals surface area contributed by atoms with Crippen LogP contribution >= 0.6 is 0 Å². The van der Waals surface area contributed by atoms with Crippen molar-refractivity contribution in [1.29, 1.82) is 5.26 Å². The summed E-state index contributed by atoms with van der Waals surface area (Å²) in [6, 6.07) is 7.47. The summed E-state index contributed by atoms with van der Waals surface area (Å²) in [6.07, 6.45) is 9.61. The van der Waals surface area contributed by atoms with E-state index in [2.05, 4.69) is 26.2 Å². The van der Waals surface area contributed by atoms with Gasteiger partial charge in [-0.3, -0.25) is 14.5 Å². The van der Waals surface area contributed by atoms with Gasteiger partial charge in [0.25, 0.3) is 0 Å². The Balaban J connectivity index is 1.46. The molecule has 5 rings (SSSR count). The van der Waals surface area contributed by atoms with Gasteiger partial charge in [0.2, 0.25) is 5.91 Å². The number of carbonyl (C=O) groups excluding carboxylic acids is 1. The lowest BCUT2D eigenvalue weighted by Gasteiger charge is -2.29. The maximum atomic E-state index is 13.4. The fraction of sp³-hybridized carbons (Fsp3) is 0.370. The maximum Gasteiger partial charge on any atom is 0.217 e. The summed E-state index contributed by atoms with van der Waals surface area (Å²) in [7, 11) is 0. The van der Waals surface area contributed by atoms with Crippen LogP contribution in [0.5, 0.6) is 5.75 Å². The molecule has 0 saturated heterocycles. The monoisotopic (exact) mass is 501 g/mol. The molecule has 1 amide bonds. The van der Waals surface area contributed by atoms with Crippen LogP contribution in [0.15, 0.2) is 43.0 Å². The van der Waals surface area contributed by atoms with E-state index < -0.39 is 11.9 Å². The third-order valence-electron chi connectivity index (χ3n) is 6.97. The first kappa shape index (κ1) is 24.4. The zero-order chi connectivity index (χ0) is 26.1. The predicted octanol–water partition coefficient (Wildman–Crippen LogP) is 4.67. The molecule has 4 aromatic rings. The third kappa shape index (κ3) is 4.89. The molecule has 37 heavy (non-hydrogen) atoms. The third-order valence-corrected chi connectivity index (χ3v) is 6.97. The summed E-state index contributed by atoms with van der Waals surface area (Å²) in [6.45, 7) is 5.43. The number of nitrogens with one attached hydrogen (secondary N) is 1. The highest BCUT2D eigenvalue weighted by Gasteiger charge is 2.26. The van der Waals surface area contributed by atoms with E-state index in [0.29, 0.717) is 22.5 Å². The number of aromatic nitrogens is 5. The van der Waals surface area contributed by atoms with Crippen LogP contribution in [-0.2, 0) is 4.79 Å². The molecule has 4 aromatic heterocycles. The number of nitriles is 1. The van der Waals surface area contributed by atoms with Crippen LogP contribution in [0, 0.1) is 24.1 Å².